The second-order valence-corrected chi connectivity index (χ2v) is 5.79. The van der Waals surface area contributed by atoms with Crippen LogP contribution in [-0.2, 0) is 4.84 Å². The number of fused-ring (bicyclic) bond motifs is 1. The Kier molecular flexibility index (Phi) is 3.64. The van der Waals surface area contributed by atoms with E-state index < -0.39 is 17.8 Å². The molecule has 2 aliphatic heterocycles. The molecule has 1 saturated heterocycles. The number of hydrogen-bond donors (Lipinski definition) is 0. The highest BCUT2D eigenvalue weighted by atomic mass is 16.7. The van der Waals surface area contributed by atoms with Gasteiger partial charge in [-0.15, -0.1) is 0 Å². The van der Waals surface area contributed by atoms with Crippen molar-refractivity contribution in [3.8, 4) is 0 Å². The molecule has 0 N–H and O–H groups in total. The SMILES string of the molecule is O=C(ON1C(=O)c2ccccc2C1=O)c1cncc(N2CCCC2)n1. The van der Waals surface area contributed by atoms with E-state index in [1.807, 2.05) is 4.90 Å². The number of hydroxylamine groups is 2. The van der Waals surface area contributed by atoms with Crippen molar-refractivity contribution in [1.82, 2.24) is 15.0 Å². The van der Waals surface area contributed by atoms with Crippen molar-refractivity contribution in [1.29, 1.82) is 0 Å². The molecule has 2 amide bonds. The first-order chi connectivity index (χ1) is 12.1. The highest BCUT2D eigenvalue weighted by Crippen LogP contribution is 2.23. The van der Waals surface area contributed by atoms with Crippen LogP contribution in [0.4, 0.5) is 5.82 Å². The third-order valence-corrected chi connectivity index (χ3v) is 4.19. The topological polar surface area (TPSA) is 92.7 Å². The molecule has 0 unspecified atom stereocenters. The summed E-state index contributed by atoms with van der Waals surface area (Å²) >= 11 is 0. The van der Waals surface area contributed by atoms with Gasteiger partial charge in [0.2, 0.25) is 0 Å². The molecule has 25 heavy (non-hydrogen) atoms. The van der Waals surface area contributed by atoms with Crippen molar-refractivity contribution in [2.75, 3.05) is 18.0 Å². The second-order valence-electron chi connectivity index (χ2n) is 5.79. The average Bonchev–Trinajstić information content (AvgIpc) is 3.26. The Morgan fingerprint density at radius 1 is 1.00 bits per heavy atom. The van der Waals surface area contributed by atoms with Crippen molar-refractivity contribution in [3.05, 3.63) is 53.5 Å². The highest BCUT2D eigenvalue weighted by Gasteiger charge is 2.39. The van der Waals surface area contributed by atoms with Gasteiger partial charge in [0.05, 0.1) is 23.5 Å². The van der Waals surface area contributed by atoms with Gasteiger partial charge < -0.3 is 9.74 Å². The maximum absolute atomic E-state index is 12.3. The average molecular weight is 338 g/mol. The number of nitrogens with zero attached hydrogens (tertiary/aromatic N) is 4. The lowest BCUT2D eigenvalue weighted by atomic mass is 10.1. The molecule has 0 aliphatic carbocycles. The Bertz CT molecular complexity index is 841. The number of anilines is 1. The lowest BCUT2D eigenvalue weighted by molar-refractivity contribution is -0.0588. The molecule has 1 aromatic carbocycles. The third-order valence-electron chi connectivity index (χ3n) is 4.19. The van der Waals surface area contributed by atoms with Crippen molar-refractivity contribution in [3.63, 3.8) is 0 Å². The molecule has 0 radical (unpaired) electrons. The summed E-state index contributed by atoms with van der Waals surface area (Å²) in [6.07, 6.45) is 4.95. The molecule has 0 spiro atoms. The Labute approximate surface area is 143 Å². The lowest BCUT2D eigenvalue weighted by Gasteiger charge is -2.16. The first kappa shape index (κ1) is 15.3. The fraction of sp³-hybridized carbons (Fsp3) is 0.235. The van der Waals surface area contributed by atoms with Gasteiger partial charge in [0.1, 0.15) is 5.82 Å². The Morgan fingerprint density at radius 2 is 1.64 bits per heavy atom. The van der Waals surface area contributed by atoms with Crippen molar-refractivity contribution in [2.45, 2.75) is 12.8 Å². The molecule has 126 valence electrons. The second kappa shape index (κ2) is 5.97. The van der Waals surface area contributed by atoms with E-state index in [1.54, 1.807) is 18.3 Å². The maximum atomic E-state index is 12.3. The monoisotopic (exact) mass is 338 g/mol. The van der Waals surface area contributed by atoms with E-state index in [2.05, 4.69) is 9.97 Å². The standard InChI is InChI=1S/C17H14N4O4/c22-15-11-5-1-2-6-12(11)16(23)21(15)25-17(24)13-9-18-10-14(19-13)20-7-3-4-8-20/h1-2,5-6,9-10H,3-4,7-8H2. The maximum Gasteiger partial charge on any atom is 0.383 e. The Balaban J connectivity index is 1.54. The summed E-state index contributed by atoms with van der Waals surface area (Å²) in [4.78, 5) is 52.0. The van der Waals surface area contributed by atoms with Crippen LogP contribution in [0.25, 0.3) is 0 Å². The molecule has 8 heteroatoms. The summed E-state index contributed by atoms with van der Waals surface area (Å²) < 4.78 is 0. The van der Waals surface area contributed by atoms with E-state index in [1.165, 1.54) is 18.3 Å². The van der Waals surface area contributed by atoms with E-state index in [9.17, 15) is 14.4 Å². The predicted molar refractivity (Wildman–Crippen MR) is 85.8 cm³/mol. The van der Waals surface area contributed by atoms with Crippen LogP contribution >= 0.6 is 0 Å². The first-order valence-electron chi connectivity index (χ1n) is 7.92. The fourth-order valence-electron chi connectivity index (χ4n) is 2.93. The molecule has 2 aliphatic rings. The lowest BCUT2D eigenvalue weighted by Crippen LogP contribution is -2.33. The van der Waals surface area contributed by atoms with Gasteiger partial charge in [-0.2, -0.15) is 0 Å². The van der Waals surface area contributed by atoms with Gasteiger partial charge in [0.25, 0.3) is 11.8 Å². The van der Waals surface area contributed by atoms with Crippen LogP contribution in [0, 0.1) is 0 Å². The van der Waals surface area contributed by atoms with Gasteiger partial charge >= 0.3 is 5.97 Å². The number of rotatable bonds is 3. The smallest absolute Gasteiger partial charge is 0.355 e. The number of carbonyl (C=O) groups is 3. The molecule has 1 fully saturated rings. The summed E-state index contributed by atoms with van der Waals surface area (Å²) in [7, 11) is 0. The molecule has 3 heterocycles. The van der Waals surface area contributed by atoms with Crippen LogP contribution < -0.4 is 4.90 Å². The van der Waals surface area contributed by atoms with Crippen LogP contribution in [0.2, 0.25) is 0 Å². The largest absolute Gasteiger partial charge is 0.383 e. The minimum absolute atomic E-state index is 0.0547. The van der Waals surface area contributed by atoms with E-state index in [4.69, 9.17) is 4.84 Å². The van der Waals surface area contributed by atoms with Gasteiger partial charge in [0.15, 0.2) is 5.69 Å². The Morgan fingerprint density at radius 3 is 2.28 bits per heavy atom. The van der Waals surface area contributed by atoms with E-state index >= 15 is 0 Å². The molecule has 4 rings (SSSR count). The van der Waals surface area contributed by atoms with Crippen molar-refractivity contribution >= 4 is 23.6 Å². The first-order valence-corrected chi connectivity index (χ1v) is 7.92. The van der Waals surface area contributed by atoms with E-state index in [0.29, 0.717) is 10.9 Å². The number of benzene rings is 1. The summed E-state index contributed by atoms with van der Waals surface area (Å²) in [5, 5.41) is 0.469. The van der Waals surface area contributed by atoms with Gasteiger partial charge in [-0.1, -0.05) is 17.2 Å². The predicted octanol–water partition coefficient (Wildman–Crippen LogP) is 1.44. The summed E-state index contributed by atoms with van der Waals surface area (Å²) in [6.45, 7) is 1.71. The number of imide groups is 1. The summed E-state index contributed by atoms with van der Waals surface area (Å²) in [5.41, 5.74) is 0.357. The van der Waals surface area contributed by atoms with Gasteiger partial charge in [-0.25, -0.2) is 9.78 Å². The molecule has 0 bridgehead atoms. The van der Waals surface area contributed by atoms with Crippen LogP contribution in [-0.4, -0.2) is 45.9 Å². The summed E-state index contributed by atoms with van der Waals surface area (Å²) in [5.74, 6) is -1.66. The number of hydrogen-bond acceptors (Lipinski definition) is 7. The Hall–Kier alpha value is -3.29. The minimum Gasteiger partial charge on any atom is -0.355 e. The number of amides is 2. The normalized spacial score (nSPS) is 16.3. The van der Waals surface area contributed by atoms with Gasteiger partial charge in [-0.05, 0) is 25.0 Å². The molecule has 0 saturated carbocycles. The third kappa shape index (κ3) is 2.61. The van der Waals surface area contributed by atoms with Crippen molar-refractivity contribution < 1.29 is 19.2 Å². The zero-order valence-corrected chi connectivity index (χ0v) is 13.2. The molecular weight excluding hydrogens is 324 g/mol. The van der Waals surface area contributed by atoms with Crippen LogP contribution in [0.15, 0.2) is 36.7 Å². The van der Waals surface area contributed by atoms with E-state index in [0.717, 1.165) is 25.9 Å². The molecular formula is C17H14N4O4. The van der Waals surface area contributed by atoms with Crippen LogP contribution in [0.5, 0.6) is 0 Å². The highest BCUT2D eigenvalue weighted by molar-refractivity contribution is 6.21. The molecule has 0 atom stereocenters. The van der Waals surface area contributed by atoms with Gasteiger partial charge in [0, 0.05) is 13.1 Å². The van der Waals surface area contributed by atoms with E-state index in [-0.39, 0.29) is 16.8 Å². The molecule has 2 aromatic rings. The number of carbonyl (C=O) groups excluding carboxylic acids is 3. The summed E-state index contributed by atoms with van der Waals surface area (Å²) in [6, 6.07) is 6.30. The van der Waals surface area contributed by atoms with Crippen LogP contribution in [0.1, 0.15) is 44.0 Å². The molecule has 1 aromatic heterocycles. The number of aromatic nitrogens is 2. The van der Waals surface area contributed by atoms with Crippen molar-refractivity contribution in [2.24, 2.45) is 0 Å². The van der Waals surface area contributed by atoms with Crippen LogP contribution in [0.3, 0.4) is 0 Å². The quantitative estimate of drug-likeness (QED) is 0.782. The zero-order chi connectivity index (χ0) is 17.4. The fourth-order valence-corrected chi connectivity index (χ4v) is 2.93. The van der Waals surface area contributed by atoms with Gasteiger partial charge in [-0.3, -0.25) is 14.6 Å². The molecule has 8 nitrogen and oxygen atoms in total. The minimum atomic E-state index is -0.900. The zero-order valence-electron chi connectivity index (χ0n) is 13.2.